The molecule has 1 N–H and O–H groups in total. The molecule has 0 aromatic carbocycles. The molecule has 0 bridgehead atoms. The lowest BCUT2D eigenvalue weighted by Gasteiger charge is -2.13. The molecule has 0 aliphatic heterocycles. The lowest BCUT2D eigenvalue weighted by molar-refractivity contribution is -0.161. The molecular weight excluding hydrogens is 264 g/mol. The highest BCUT2D eigenvalue weighted by Crippen LogP contribution is 2.12. The summed E-state index contributed by atoms with van der Waals surface area (Å²) < 4.78 is 39.0. The summed E-state index contributed by atoms with van der Waals surface area (Å²) in [6.07, 6.45) is -0.0708. The summed E-state index contributed by atoms with van der Waals surface area (Å²) in [6.45, 7) is 3.43. The monoisotopic (exact) mass is 282 g/mol. The van der Waals surface area contributed by atoms with Crippen LogP contribution in [0.25, 0.3) is 0 Å². The Balaban J connectivity index is 4.47. The third-order valence-electron chi connectivity index (χ3n) is 2.04. The van der Waals surface area contributed by atoms with Gasteiger partial charge in [-0.2, -0.15) is 8.42 Å². The van der Waals surface area contributed by atoms with Crippen molar-refractivity contribution in [3.05, 3.63) is 0 Å². The fourth-order valence-electron chi connectivity index (χ4n) is 1.29. The quantitative estimate of drug-likeness (QED) is 0.390. The molecule has 0 atom stereocenters. The molecule has 0 aromatic heterocycles. The molecule has 0 amide bonds. The molecule has 0 aliphatic carbocycles. The molecule has 0 aliphatic rings. The second-order valence-electron chi connectivity index (χ2n) is 3.48. The van der Waals surface area contributed by atoms with Crippen molar-refractivity contribution in [1.82, 2.24) is 0 Å². The van der Waals surface area contributed by atoms with E-state index in [2.05, 4.69) is 0 Å². The van der Waals surface area contributed by atoms with Crippen LogP contribution < -0.4 is 0 Å². The zero-order valence-electron chi connectivity index (χ0n) is 10.4. The van der Waals surface area contributed by atoms with Gasteiger partial charge in [0.05, 0.1) is 19.0 Å². The number of hydrogen-bond donors (Lipinski definition) is 1. The standard InChI is InChI=1S/C10H18O7S/c1-3-16-9(11)8(10(12)17-4-2)6-5-7-18(13,14)15/h8H,3-7H2,1-2H3,(H,13,14,15). The summed E-state index contributed by atoms with van der Waals surface area (Å²) in [5.74, 6) is -3.15. The topological polar surface area (TPSA) is 107 Å². The van der Waals surface area contributed by atoms with E-state index in [9.17, 15) is 18.0 Å². The molecule has 18 heavy (non-hydrogen) atoms. The largest absolute Gasteiger partial charge is 0.465 e. The minimum absolute atomic E-state index is 0.0267. The fourth-order valence-corrected chi connectivity index (χ4v) is 1.82. The summed E-state index contributed by atoms with van der Waals surface area (Å²) >= 11 is 0. The number of carbonyl (C=O) groups excluding carboxylic acids is 2. The summed E-state index contributed by atoms with van der Waals surface area (Å²) in [7, 11) is -4.10. The molecule has 0 unspecified atom stereocenters. The first kappa shape index (κ1) is 16.9. The van der Waals surface area contributed by atoms with Crippen LogP contribution in [-0.2, 0) is 29.2 Å². The van der Waals surface area contributed by atoms with Crippen LogP contribution in [0.15, 0.2) is 0 Å². The second kappa shape index (κ2) is 8.04. The Bertz CT molecular complexity index is 356. The first-order valence-corrected chi connectivity index (χ1v) is 7.21. The van der Waals surface area contributed by atoms with Crippen LogP contribution in [-0.4, -0.2) is 43.9 Å². The van der Waals surface area contributed by atoms with Crippen LogP contribution in [0, 0.1) is 5.92 Å². The van der Waals surface area contributed by atoms with Crippen molar-refractivity contribution in [2.75, 3.05) is 19.0 Å². The lowest BCUT2D eigenvalue weighted by Crippen LogP contribution is -2.28. The Hall–Kier alpha value is -1.15. The second-order valence-corrected chi connectivity index (χ2v) is 5.06. The predicted octanol–water partition coefficient (Wildman–Crippen LogP) is 0.397. The van der Waals surface area contributed by atoms with Crippen molar-refractivity contribution in [2.24, 2.45) is 5.92 Å². The summed E-state index contributed by atoms with van der Waals surface area (Å²) in [5.41, 5.74) is 0. The van der Waals surface area contributed by atoms with E-state index in [0.717, 1.165) is 0 Å². The van der Waals surface area contributed by atoms with E-state index in [1.54, 1.807) is 13.8 Å². The smallest absolute Gasteiger partial charge is 0.320 e. The van der Waals surface area contributed by atoms with Gasteiger partial charge in [0.15, 0.2) is 5.92 Å². The summed E-state index contributed by atoms with van der Waals surface area (Å²) in [6, 6.07) is 0. The van der Waals surface area contributed by atoms with E-state index in [4.69, 9.17) is 14.0 Å². The van der Waals surface area contributed by atoms with Crippen molar-refractivity contribution in [1.29, 1.82) is 0 Å². The Morgan fingerprint density at radius 1 is 1.11 bits per heavy atom. The highest BCUT2D eigenvalue weighted by atomic mass is 32.2. The Morgan fingerprint density at radius 2 is 1.56 bits per heavy atom. The van der Waals surface area contributed by atoms with Gasteiger partial charge in [0.25, 0.3) is 10.1 Å². The normalized spacial score (nSPS) is 11.3. The first-order chi connectivity index (χ1) is 8.31. The van der Waals surface area contributed by atoms with Crippen molar-refractivity contribution in [3.8, 4) is 0 Å². The predicted molar refractivity (Wildman–Crippen MR) is 62.4 cm³/mol. The molecule has 0 aromatic rings. The molecule has 0 fully saturated rings. The average Bonchev–Trinajstić information content (AvgIpc) is 2.23. The SMILES string of the molecule is CCOC(=O)C(CCCS(=O)(=O)O)C(=O)OCC. The Labute approximate surface area is 106 Å². The molecule has 8 heteroatoms. The summed E-state index contributed by atoms with van der Waals surface area (Å²) in [5, 5.41) is 0. The van der Waals surface area contributed by atoms with E-state index in [1.807, 2.05) is 0 Å². The van der Waals surface area contributed by atoms with Crippen LogP contribution in [0.1, 0.15) is 26.7 Å². The van der Waals surface area contributed by atoms with Crippen molar-refractivity contribution >= 4 is 22.1 Å². The van der Waals surface area contributed by atoms with Gasteiger partial charge < -0.3 is 9.47 Å². The van der Waals surface area contributed by atoms with Gasteiger partial charge in [-0.1, -0.05) is 0 Å². The molecular formula is C10H18O7S. The van der Waals surface area contributed by atoms with Crippen molar-refractivity contribution < 1.29 is 32.0 Å². The van der Waals surface area contributed by atoms with Gasteiger partial charge in [0, 0.05) is 0 Å². The fraction of sp³-hybridized carbons (Fsp3) is 0.800. The number of carbonyl (C=O) groups is 2. The van der Waals surface area contributed by atoms with E-state index < -0.39 is 33.7 Å². The molecule has 0 saturated heterocycles. The number of esters is 2. The Kier molecular flexibility index (Phi) is 7.53. The first-order valence-electron chi connectivity index (χ1n) is 5.60. The molecule has 0 saturated carbocycles. The molecule has 7 nitrogen and oxygen atoms in total. The maximum Gasteiger partial charge on any atom is 0.320 e. The van der Waals surface area contributed by atoms with Crippen LogP contribution >= 0.6 is 0 Å². The molecule has 0 radical (unpaired) electrons. The third kappa shape index (κ3) is 7.23. The van der Waals surface area contributed by atoms with Crippen LogP contribution in [0.2, 0.25) is 0 Å². The van der Waals surface area contributed by atoms with Gasteiger partial charge in [-0.05, 0) is 26.7 Å². The highest BCUT2D eigenvalue weighted by molar-refractivity contribution is 7.85. The van der Waals surface area contributed by atoms with Gasteiger partial charge in [-0.25, -0.2) is 0 Å². The molecule has 0 spiro atoms. The zero-order valence-corrected chi connectivity index (χ0v) is 11.2. The van der Waals surface area contributed by atoms with Crippen LogP contribution in [0.3, 0.4) is 0 Å². The van der Waals surface area contributed by atoms with Crippen molar-refractivity contribution in [3.63, 3.8) is 0 Å². The van der Waals surface area contributed by atoms with Crippen molar-refractivity contribution in [2.45, 2.75) is 26.7 Å². The highest BCUT2D eigenvalue weighted by Gasteiger charge is 2.29. The van der Waals surface area contributed by atoms with Gasteiger partial charge in [-0.15, -0.1) is 0 Å². The van der Waals surface area contributed by atoms with E-state index >= 15 is 0 Å². The van der Waals surface area contributed by atoms with E-state index in [0.29, 0.717) is 0 Å². The minimum atomic E-state index is -4.10. The van der Waals surface area contributed by atoms with E-state index in [1.165, 1.54) is 0 Å². The maximum absolute atomic E-state index is 11.5. The van der Waals surface area contributed by atoms with Crippen LogP contribution in [0.5, 0.6) is 0 Å². The van der Waals surface area contributed by atoms with Gasteiger partial charge in [-0.3, -0.25) is 14.1 Å². The van der Waals surface area contributed by atoms with Gasteiger partial charge in [0.2, 0.25) is 0 Å². The minimum Gasteiger partial charge on any atom is -0.465 e. The molecule has 0 heterocycles. The van der Waals surface area contributed by atoms with Gasteiger partial charge in [0.1, 0.15) is 0 Å². The lowest BCUT2D eigenvalue weighted by atomic mass is 10.0. The number of rotatable bonds is 8. The average molecular weight is 282 g/mol. The number of ether oxygens (including phenoxy) is 2. The molecule has 106 valence electrons. The van der Waals surface area contributed by atoms with Crippen LogP contribution in [0.4, 0.5) is 0 Å². The Morgan fingerprint density at radius 3 is 1.89 bits per heavy atom. The number of hydrogen-bond acceptors (Lipinski definition) is 6. The summed E-state index contributed by atoms with van der Waals surface area (Å²) in [4.78, 5) is 23.0. The van der Waals surface area contributed by atoms with Gasteiger partial charge >= 0.3 is 11.9 Å². The third-order valence-corrected chi connectivity index (χ3v) is 2.84. The van der Waals surface area contributed by atoms with E-state index in [-0.39, 0.29) is 26.1 Å². The molecule has 0 rings (SSSR count). The zero-order chi connectivity index (χ0) is 14.2. The maximum atomic E-state index is 11.5.